The van der Waals surface area contributed by atoms with E-state index >= 15 is 0 Å². The van der Waals surface area contributed by atoms with Crippen LogP contribution in [0.5, 0.6) is 0 Å². The fourth-order valence-electron chi connectivity index (χ4n) is 1.93. The molecule has 1 amide bonds. The number of rotatable bonds is 4. The minimum atomic E-state index is -3.62. The van der Waals surface area contributed by atoms with Gasteiger partial charge in [-0.3, -0.25) is 4.79 Å². The molecule has 0 aromatic heterocycles. The van der Waals surface area contributed by atoms with Crippen LogP contribution in [0.25, 0.3) is 0 Å². The Kier molecular flexibility index (Phi) is 4.59. The van der Waals surface area contributed by atoms with Gasteiger partial charge in [0.1, 0.15) is 0 Å². The summed E-state index contributed by atoms with van der Waals surface area (Å²) < 4.78 is 27.1. The molecule has 1 saturated heterocycles. The molecule has 1 heterocycles. The van der Waals surface area contributed by atoms with E-state index < -0.39 is 10.0 Å². The van der Waals surface area contributed by atoms with Gasteiger partial charge in [0.05, 0.1) is 11.4 Å². The van der Waals surface area contributed by atoms with Gasteiger partial charge in [0.2, 0.25) is 15.9 Å². The second kappa shape index (κ2) is 6.02. The van der Waals surface area contributed by atoms with Crippen molar-refractivity contribution in [2.75, 3.05) is 19.6 Å². The highest BCUT2D eigenvalue weighted by Crippen LogP contribution is 2.14. The molecule has 19 heavy (non-hydrogen) atoms. The summed E-state index contributed by atoms with van der Waals surface area (Å²) in [5.41, 5.74) is 0. The van der Waals surface area contributed by atoms with E-state index in [0.29, 0.717) is 0 Å². The molecule has 0 saturated carbocycles. The molecule has 5 nitrogen and oxygen atoms in total. The van der Waals surface area contributed by atoms with E-state index in [-0.39, 0.29) is 17.3 Å². The van der Waals surface area contributed by atoms with E-state index in [1.165, 1.54) is 12.1 Å². The average Bonchev–Trinajstić information content (AvgIpc) is 2.90. The van der Waals surface area contributed by atoms with Crippen LogP contribution in [0, 0.1) is 0 Å². The van der Waals surface area contributed by atoms with Gasteiger partial charge in [-0.1, -0.05) is 15.9 Å². The van der Waals surface area contributed by atoms with Crippen LogP contribution < -0.4 is 4.72 Å². The Balaban J connectivity index is 1.97. The summed E-state index contributed by atoms with van der Waals surface area (Å²) in [6.45, 7) is 1.26. The Bertz CT molecular complexity index is 551. The van der Waals surface area contributed by atoms with Gasteiger partial charge in [0, 0.05) is 17.6 Å². The Morgan fingerprint density at radius 3 is 2.37 bits per heavy atom. The van der Waals surface area contributed by atoms with Crippen LogP contribution in [0.1, 0.15) is 12.8 Å². The van der Waals surface area contributed by atoms with Gasteiger partial charge < -0.3 is 4.90 Å². The average molecular weight is 347 g/mol. The zero-order valence-corrected chi connectivity index (χ0v) is 12.7. The van der Waals surface area contributed by atoms with Gasteiger partial charge in [-0.2, -0.15) is 0 Å². The number of sulfonamides is 1. The SMILES string of the molecule is O=C(CNS(=O)(=O)c1ccc(Br)cc1)N1CCCC1. The molecule has 1 aliphatic rings. The van der Waals surface area contributed by atoms with Crippen molar-refractivity contribution in [1.82, 2.24) is 9.62 Å². The van der Waals surface area contributed by atoms with E-state index in [4.69, 9.17) is 0 Å². The van der Waals surface area contributed by atoms with Crippen molar-refractivity contribution in [3.63, 3.8) is 0 Å². The molecular formula is C12H15BrN2O3S. The predicted molar refractivity (Wildman–Crippen MR) is 75.1 cm³/mol. The maximum atomic E-state index is 12.0. The molecule has 0 unspecified atom stereocenters. The van der Waals surface area contributed by atoms with Crippen molar-refractivity contribution in [3.8, 4) is 0 Å². The largest absolute Gasteiger partial charge is 0.342 e. The zero-order chi connectivity index (χ0) is 13.9. The van der Waals surface area contributed by atoms with Crippen LogP contribution in [-0.2, 0) is 14.8 Å². The number of nitrogens with zero attached hydrogens (tertiary/aromatic N) is 1. The number of hydrogen-bond donors (Lipinski definition) is 1. The third kappa shape index (κ3) is 3.77. The number of carbonyl (C=O) groups is 1. The van der Waals surface area contributed by atoms with Gasteiger partial charge >= 0.3 is 0 Å². The summed E-state index contributed by atoms with van der Waals surface area (Å²) in [6.07, 6.45) is 1.98. The number of halogens is 1. The van der Waals surface area contributed by atoms with E-state index in [1.807, 2.05) is 0 Å². The van der Waals surface area contributed by atoms with Gasteiger partial charge in [-0.05, 0) is 37.1 Å². The fourth-order valence-corrected chi connectivity index (χ4v) is 3.17. The van der Waals surface area contributed by atoms with Crippen LogP contribution in [-0.4, -0.2) is 38.9 Å². The molecule has 0 radical (unpaired) electrons. The topological polar surface area (TPSA) is 66.5 Å². The summed E-state index contributed by atoms with van der Waals surface area (Å²) >= 11 is 3.24. The lowest BCUT2D eigenvalue weighted by molar-refractivity contribution is -0.128. The van der Waals surface area contributed by atoms with Gasteiger partial charge in [0.25, 0.3) is 0 Å². The number of nitrogens with one attached hydrogen (secondary N) is 1. The lowest BCUT2D eigenvalue weighted by Crippen LogP contribution is -2.38. The van der Waals surface area contributed by atoms with Crippen LogP contribution in [0.4, 0.5) is 0 Å². The molecule has 104 valence electrons. The fraction of sp³-hybridized carbons (Fsp3) is 0.417. The molecule has 0 aliphatic carbocycles. The Labute approximate surface area is 121 Å². The first-order valence-corrected chi connectivity index (χ1v) is 8.30. The lowest BCUT2D eigenvalue weighted by atomic mass is 10.4. The smallest absolute Gasteiger partial charge is 0.241 e. The standard InChI is InChI=1S/C12H15BrN2O3S/c13-10-3-5-11(6-4-10)19(17,18)14-9-12(16)15-7-1-2-8-15/h3-6,14H,1-2,7-9H2. The normalized spacial score (nSPS) is 15.7. The Morgan fingerprint density at radius 2 is 1.79 bits per heavy atom. The number of hydrogen-bond acceptors (Lipinski definition) is 3. The molecular weight excluding hydrogens is 332 g/mol. The minimum Gasteiger partial charge on any atom is -0.342 e. The van der Waals surface area contributed by atoms with E-state index in [9.17, 15) is 13.2 Å². The summed E-state index contributed by atoms with van der Waals surface area (Å²) in [5.74, 6) is -0.168. The Hall–Kier alpha value is -0.920. The summed E-state index contributed by atoms with van der Waals surface area (Å²) in [5, 5.41) is 0. The van der Waals surface area contributed by atoms with E-state index in [0.717, 1.165) is 30.4 Å². The van der Waals surface area contributed by atoms with Crippen LogP contribution in [0.2, 0.25) is 0 Å². The predicted octanol–water partition coefficient (Wildman–Crippen LogP) is 1.35. The first-order chi connectivity index (χ1) is 8.99. The monoisotopic (exact) mass is 346 g/mol. The molecule has 0 atom stereocenters. The highest BCUT2D eigenvalue weighted by Gasteiger charge is 2.20. The third-order valence-electron chi connectivity index (χ3n) is 3.00. The molecule has 1 aromatic carbocycles. The van der Waals surface area contributed by atoms with Crippen molar-refractivity contribution in [3.05, 3.63) is 28.7 Å². The minimum absolute atomic E-state index is 0.157. The second-order valence-corrected chi connectivity index (χ2v) is 7.05. The van der Waals surface area contributed by atoms with E-state index in [1.54, 1.807) is 17.0 Å². The summed E-state index contributed by atoms with van der Waals surface area (Å²) in [6, 6.07) is 6.28. The van der Waals surface area contributed by atoms with Crippen molar-refractivity contribution in [1.29, 1.82) is 0 Å². The lowest BCUT2D eigenvalue weighted by Gasteiger charge is -2.15. The van der Waals surface area contributed by atoms with Crippen LogP contribution in [0.3, 0.4) is 0 Å². The highest BCUT2D eigenvalue weighted by atomic mass is 79.9. The van der Waals surface area contributed by atoms with E-state index in [2.05, 4.69) is 20.7 Å². The maximum absolute atomic E-state index is 12.0. The van der Waals surface area contributed by atoms with Crippen molar-refractivity contribution >= 4 is 31.9 Å². The molecule has 1 fully saturated rings. The summed E-state index contributed by atoms with van der Waals surface area (Å²) in [4.78, 5) is 13.6. The van der Waals surface area contributed by atoms with Crippen LogP contribution >= 0.6 is 15.9 Å². The number of amides is 1. The molecule has 0 spiro atoms. The third-order valence-corrected chi connectivity index (χ3v) is 4.94. The molecule has 1 N–H and O–H groups in total. The highest BCUT2D eigenvalue weighted by molar-refractivity contribution is 9.10. The first-order valence-electron chi connectivity index (χ1n) is 6.02. The molecule has 7 heteroatoms. The molecule has 1 aromatic rings. The van der Waals surface area contributed by atoms with Crippen LogP contribution in [0.15, 0.2) is 33.6 Å². The summed E-state index contributed by atoms with van der Waals surface area (Å²) in [7, 11) is -3.62. The Morgan fingerprint density at radius 1 is 1.21 bits per heavy atom. The molecule has 2 rings (SSSR count). The number of likely N-dealkylation sites (tertiary alicyclic amines) is 1. The first kappa shape index (κ1) is 14.5. The van der Waals surface area contributed by atoms with Gasteiger partial charge in [-0.15, -0.1) is 0 Å². The maximum Gasteiger partial charge on any atom is 0.241 e. The van der Waals surface area contributed by atoms with Gasteiger partial charge in [0.15, 0.2) is 0 Å². The zero-order valence-electron chi connectivity index (χ0n) is 10.3. The molecule has 0 bridgehead atoms. The number of carbonyl (C=O) groups excluding carboxylic acids is 1. The quantitative estimate of drug-likeness (QED) is 0.894. The van der Waals surface area contributed by atoms with Gasteiger partial charge in [-0.25, -0.2) is 13.1 Å². The number of benzene rings is 1. The van der Waals surface area contributed by atoms with Crippen molar-refractivity contribution in [2.24, 2.45) is 0 Å². The van der Waals surface area contributed by atoms with Crippen molar-refractivity contribution < 1.29 is 13.2 Å². The van der Waals surface area contributed by atoms with Crippen molar-refractivity contribution in [2.45, 2.75) is 17.7 Å². The second-order valence-electron chi connectivity index (χ2n) is 4.37. The molecule has 1 aliphatic heterocycles.